The number of nitrogens with zero attached hydrogens (tertiary/aromatic N) is 3. The summed E-state index contributed by atoms with van der Waals surface area (Å²) in [6.07, 6.45) is 1.62. The van der Waals surface area contributed by atoms with E-state index in [0.717, 1.165) is 23.9 Å². The Labute approximate surface area is 185 Å². The highest BCUT2D eigenvalue weighted by Crippen LogP contribution is 2.23. The van der Waals surface area contributed by atoms with E-state index in [1.54, 1.807) is 10.6 Å². The van der Waals surface area contributed by atoms with Crippen LogP contribution in [0.2, 0.25) is 5.02 Å². The van der Waals surface area contributed by atoms with E-state index in [2.05, 4.69) is 22.1 Å². The van der Waals surface area contributed by atoms with Crippen LogP contribution in [0.1, 0.15) is 5.82 Å². The maximum Gasteiger partial charge on any atom is 0.234 e. The minimum atomic E-state index is -0.867. The third-order valence-electron chi connectivity index (χ3n) is 3.90. The molecule has 0 bridgehead atoms. The summed E-state index contributed by atoms with van der Waals surface area (Å²) < 4.78 is 47.2. The van der Waals surface area contributed by atoms with Gasteiger partial charge in [-0.3, -0.25) is 9.36 Å². The molecular weight excluding hydrogens is 453 g/mol. The number of amides is 1. The van der Waals surface area contributed by atoms with E-state index in [1.165, 1.54) is 18.2 Å². The van der Waals surface area contributed by atoms with Crippen molar-refractivity contribution in [3.8, 4) is 5.75 Å². The minimum absolute atomic E-state index is 0.0242. The monoisotopic (exact) mass is 468 g/mol. The maximum absolute atomic E-state index is 13.7. The molecule has 2 aromatic carbocycles. The lowest BCUT2D eigenvalue weighted by Crippen LogP contribution is -2.16. The second kappa shape index (κ2) is 10.4. The molecule has 0 saturated carbocycles. The summed E-state index contributed by atoms with van der Waals surface area (Å²) in [6.45, 7) is 4.07. The molecular formula is C20H16ClF3N4O2S. The van der Waals surface area contributed by atoms with Gasteiger partial charge in [0.05, 0.1) is 16.5 Å². The highest BCUT2D eigenvalue weighted by Gasteiger charge is 2.15. The first-order valence-electron chi connectivity index (χ1n) is 8.86. The highest BCUT2D eigenvalue weighted by atomic mass is 35.5. The fraction of sp³-hybridized carbons (Fsp3) is 0.150. The topological polar surface area (TPSA) is 69.0 Å². The van der Waals surface area contributed by atoms with Crippen LogP contribution in [0.3, 0.4) is 0 Å². The molecule has 31 heavy (non-hydrogen) atoms. The van der Waals surface area contributed by atoms with E-state index in [4.69, 9.17) is 16.3 Å². The van der Waals surface area contributed by atoms with E-state index in [-0.39, 0.29) is 23.1 Å². The Kier molecular flexibility index (Phi) is 7.59. The summed E-state index contributed by atoms with van der Waals surface area (Å²) in [5.74, 6) is -1.93. The predicted molar refractivity (Wildman–Crippen MR) is 112 cm³/mol. The molecule has 0 spiro atoms. The average Bonchev–Trinajstić information content (AvgIpc) is 3.11. The number of nitrogens with one attached hydrogen (secondary N) is 1. The number of halogens is 4. The molecule has 0 aliphatic rings. The van der Waals surface area contributed by atoms with Crippen LogP contribution >= 0.6 is 23.4 Å². The maximum atomic E-state index is 13.7. The number of thioether (sulfide) groups is 1. The van der Waals surface area contributed by atoms with E-state index >= 15 is 0 Å². The number of anilines is 1. The fourth-order valence-corrected chi connectivity index (χ4v) is 3.40. The SMILES string of the molecule is C=CCn1c(COc2ccc(F)c(Cl)c2)nnc1SCC(=O)Nc1ccc(F)cc1F. The van der Waals surface area contributed by atoms with Crippen molar-refractivity contribution in [2.45, 2.75) is 18.3 Å². The summed E-state index contributed by atoms with van der Waals surface area (Å²) in [7, 11) is 0. The van der Waals surface area contributed by atoms with Gasteiger partial charge in [0.2, 0.25) is 5.91 Å². The van der Waals surface area contributed by atoms with E-state index in [0.29, 0.717) is 29.3 Å². The molecule has 0 aliphatic carbocycles. The van der Waals surface area contributed by atoms with Gasteiger partial charge < -0.3 is 10.1 Å². The molecule has 0 fully saturated rings. The largest absolute Gasteiger partial charge is 0.486 e. The van der Waals surface area contributed by atoms with Crippen molar-refractivity contribution < 1.29 is 22.7 Å². The number of ether oxygens (including phenoxy) is 1. The Hall–Kier alpha value is -2.98. The minimum Gasteiger partial charge on any atom is -0.486 e. The van der Waals surface area contributed by atoms with Gasteiger partial charge in [0.25, 0.3) is 0 Å². The molecule has 3 aromatic rings. The Morgan fingerprint density at radius 2 is 2.00 bits per heavy atom. The molecule has 1 N–H and O–H groups in total. The normalized spacial score (nSPS) is 10.7. The molecule has 1 amide bonds. The van der Waals surface area contributed by atoms with Gasteiger partial charge >= 0.3 is 0 Å². The van der Waals surface area contributed by atoms with Gasteiger partial charge in [0, 0.05) is 18.7 Å². The van der Waals surface area contributed by atoms with Crippen molar-refractivity contribution in [3.05, 3.63) is 77.4 Å². The van der Waals surface area contributed by atoms with Crippen LogP contribution < -0.4 is 10.1 Å². The van der Waals surface area contributed by atoms with Crippen molar-refractivity contribution in [1.82, 2.24) is 14.8 Å². The molecule has 162 valence electrons. The molecule has 6 nitrogen and oxygen atoms in total. The molecule has 0 saturated heterocycles. The molecule has 0 radical (unpaired) electrons. The van der Waals surface area contributed by atoms with Gasteiger partial charge in [-0.15, -0.1) is 16.8 Å². The Balaban J connectivity index is 1.63. The third-order valence-corrected chi connectivity index (χ3v) is 5.16. The van der Waals surface area contributed by atoms with Crippen LogP contribution in [0.25, 0.3) is 0 Å². The average molecular weight is 469 g/mol. The highest BCUT2D eigenvalue weighted by molar-refractivity contribution is 7.99. The Morgan fingerprint density at radius 3 is 2.71 bits per heavy atom. The molecule has 0 unspecified atom stereocenters. The van der Waals surface area contributed by atoms with Crippen LogP contribution in [-0.4, -0.2) is 26.4 Å². The zero-order valence-electron chi connectivity index (χ0n) is 15.9. The van der Waals surface area contributed by atoms with Crippen LogP contribution in [0.4, 0.5) is 18.9 Å². The standard InChI is InChI=1S/C20H16ClF3N4O2S/c1-2-7-28-18(10-30-13-4-5-15(23)14(21)9-13)26-27-20(28)31-11-19(29)25-17-6-3-12(22)8-16(17)24/h2-6,8-9H,1,7,10-11H2,(H,25,29). The number of allylic oxidation sites excluding steroid dienone is 1. The molecule has 1 heterocycles. The van der Waals surface area contributed by atoms with Crippen LogP contribution in [0.15, 0.2) is 54.2 Å². The quantitative estimate of drug-likeness (QED) is 0.359. The van der Waals surface area contributed by atoms with E-state index in [9.17, 15) is 18.0 Å². The molecule has 1 aromatic heterocycles. The molecule has 0 aliphatic heterocycles. The summed E-state index contributed by atoms with van der Waals surface area (Å²) >= 11 is 6.82. The van der Waals surface area contributed by atoms with Gasteiger partial charge in [0.15, 0.2) is 11.0 Å². The number of hydrogen-bond donors (Lipinski definition) is 1. The predicted octanol–water partition coefficient (Wildman–Crippen LogP) is 4.84. The summed E-state index contributed by atoms with van der Waals surface area (Å²) in [4.78, 5) is 12.1. The van der Waals surface area contributed by atoms with Crippen LogP contribution in [0.5, 0.6) is 5.75 Å². The number of hydrogen-bond acceptors (Lipinski definition) is 5. The zero-order valence-corrected chi connectivity index (χ0v) is 17.5. The van der Waals surface area contributed by atoms with Gasteiger partial charge in [-0.25, -0.2) is 13.2 Å². The Bertz CT molecular complexity index is 1110. The van der Waals surface area contributed by atoms with Gasteiger partial charge in [-0.1, -0.05) is 29.4 Å². The number of rotatable bonds is 9. The van der Waals surface area contributed by atoms with Crippen molar-refractivity contribution in [3.63, 3.8) is 0 Å². The number of carbonyl (C=O) groups is 1. The van der Waals surface area contributed by atoms with Gasteiger partial charge in [-0.2, -0.15) is 0 Å². The van der Waals surface area contributed by atoms with Crippen molar-refractivity contribution >= 4 is 35.0 Å². The first-order valence-corrected chi connectivity index (χ1v) is 10.2. The van der Waals surface area contributed by atoms with Crippen molar-refractivity contribution in [2.75, 3.05) is 11.1 Å². The smallest absolute Gasteiger partial charge is 0.234 e. The van der Waals surface area contributed by atoms with Gasteiger partial charge in [-0.05, 0) is 24.3 Å². The molecule has 11 heteroatoms. The number of carbonyl (C=O) groups excluding carboxylic acids is 1. The zero-order chi connectivity index (χ0) is 22.4. The summed E-state index contributed by atoms with van der Waals surface area (Å²) in [5, 5.41) is 10.8. The van der Waals surface area contributed by atoms with E-state index < -0.39 is 23.4 Å². The van der Waals surface area contributed by atoms with E-state index in [1.807, 2.05) is 0 Å². The number of aromatic nitrogens is 3. The first-order chi connectivity index (χ1) is 14.9. The second-order valence-corrected chi connectivity index (χ2v) is 7.47. The first kappa shape index (κ1) is 22.7. The lowest BCUT2D eigenvalue weighted by molar-refractivity contribution is -0.113. The van der Waals surface area contributed by atoms with Crippen molar-refractivity contribution in [2.24, 2.45) is 0 Å². The molecule has 0 atom stereocenters. The van der Waals surface area contributed by atoms with Gasteiger partial charge in [0.1, 0.15) is 29.8 Å². The third kappa shape index (κ3) is 6.02. The van der Waals surface area contributed by atoms with Crippen molar-refractivity contribution in [1.29, 1.82) is 0 Å². The van der Waals surface area contributed by atoms with Crippen LogP contribution in [-0.2, 0) is 17.9 Å². The molecule has 3 rings (SSSR count). The lowest BCUT2D eigenvalue weighted by atomic mass is 10.3. The summed E-state index contributed by atoms with van der Waals surface area (Å²) in [5.41, 5.74) is -0.119. The lowest BCUT2D eigenvalue weighted by Gasteiger charge is -2.10. The second-order valence-electron chi connectivity index (χ2n) is 6.12. The summed E-state index contributed by atoms with van der Waals surface area (Å²) in [6, 6.07) is 6.85. The van der Waals surface area contributed by atoms with Crippen LogP contribution in [0, 0.1) is 17.5 Å². The Morgan fingerprint density at radius 1 is 1.19 bits per heavy atom. The fourth-order valence-electron chi connectivity index (χ4n) is 2.47. The number of benzene rings is 2.